The minimum Gasteiger partial charge on any atom is -0.370 e. The number of aryl methyl sites for hydroxylation is 2. The average Bonchev–Trinajstić information content (AvgIpc) is 2.36. The topological polar surface area (TPSA) is 26.3 Å². The van der Waals surface area contributed by atoms with Gasteiger partial charge in [0.1, 0.15) is 5.60 Å². The maximum Gasteiger partial charge on any atom is 0.194 e. The Balaban J connectivity index is 2.34. The normalized spacial score (nSPS) is 27.3. The van der Waals surface area contributed by atoms with E-state index >= 15 is 0 Å². The van der Waals surface area contributed by atoms with Crippen LogP contribution in [-0.2, 0) is 4.74 Å². The molecule has 1 fully saturated rings. The lowest BCUT2D eigenvalue weighted by molar-refractivity contribution is -0.0302. The van der Waals surface area contributed by atoms with E-state index in [9.17, 15) is 4.79 Å². The van der Waals surface area contributed by atoms with Crippen LogP contribution >= 0.6 is 0 Å². The van der Waals surface area contributed by atoms with Crippen LogP contribution in [0.3, 0.4) is 0 Å². The van der Waals surface area contributed by atoms with Crippen molar-refractivity contribution in [1.29, 1.82) is 0 Å². The predicted molar refractivity (Wildman–Crippen MR) is 77.6 cm³/mol. The zero-order valence-corrected chi connectivity index (χ0v) is 12.5. The lowest BCUT2D eigenvalue weighted by Crippen LogP contribution is -2.44. The highest BCUT2D eigenvalue weighted by Gasteiger charge is 2.42. The van der Waals surface area contributed by atoms with Gasteiger partial charge in [-0.25, -0.2) is 0 Å². The van der Waals surface area contributed by atoms with Gasteiger partial charge in [-0.15, -0.1) is 0 Å². The quantitative estimate of drug-likeness (QED) is 0.765. The standard InChI is InChI=1S/C17H24O2/c1-12-6-5-7-17(11-12,19-4)16(18)15-9-13(2)8-14(3)10-15/h8-10,12H,5-7,11H2,1-4H3. The summed E-state index contributed by atoms with van der Waals surface area (Å²) in [7, 11) is 1.68. The second kappa shape index (κ2) is 5.46. The van der Waals surface area contributed by atoms with Crippen LogP contribution in [0.4, 0.5) is 0 Å². The highest BCUT2D eigenvalue weighted by Crippen LogP contribution is 2.37. The van der Waals surface area contributed by atoms with Crippen molar-refractivity contribution in [3.8, 4) is 0 Å². The van der Waals surface area contributed by atoms with Crippen molar-refractivity contribution in [2.45, 2.75) is 52.1 Å². The zero-order chi connectivity index (χ0) is 14.0. The SMILES string of the molecule is COC1(C(=O)c2cc(C)cc(C)c2)CCCC(C)C1. The summed E-state index contributed by atoms with van der Waals surface area (Å²) in [4.78, 5) is 12.9. The van der Waals surface area contributed by atoms with Crippen molar-refractivity contribution in [2.24, 2.45) is 5.92 Å². The van der Waals surface area contributed by atoms with Gasteiger partial charge in [-0.1, -0.05) is 30.5 Å². The van der Waals surface area contributed by atoms with E-state index in [0.29, 0.717) is 5.92 Å². The Bertz CT molecular complexity index is 458. The van der Waals surface area contributed by atoms with E-state index in [-0.39, 0.29) is 5.78 Å². The summed E-state index contributed by atoms with van der Waals surface area (Å²) in [5.41, 5.74) is 2.48. The van der Waals surface area contributed by atoms with E-state index in [1.807, 2.05) is 26.0 Å². The van der Waals surface area contributed by atoms with Gasteiger partial charge in [0.2, 0.25) is 0 Å². The molecule has 1 aliphatic carbocycles. The number of hydrogen-bond donors (Lipinski definition) is 0. The Morgan fingerprint density at radius 1 is 1.26 bits per heavy atom. The van der Waals surface area contributed by atoms with Crippen LogP contribution in [-0.4, -0.2) is 18.5 Å². The average molecular weight is 260 g/mol. The van der Waals surface area contributed by atoms with Gasteiger partial charge in [-0.2, -0.15) is 0 Å². The minimum absolute atomic E-state index is 0.161. The summed E-state index contributed by atoms with van der Waals surface area (Å²) in [6.07, 6.45) is 3.96. The fourth-order valence-corrected chi connectivity index (χ4v) is 3.36. The lowest BCUT2D eigenvalue weighted by atomic mass is 9.74. The molecule has 0 radical (unpaired) electrons. The van der Waals surface area contributed by atoms with Crippen molar-refractivity contribution in [3.05, 3.63) is 34.9 Å². The molecule has 19 heavy (non-hydrogen) atoms. The van der Waals surface area contributed by atoms with Crippen molar-refractivity contribution in [2.75, 3.05) is 7.11 Å². The fraction of sp³-hybridized carbons (Fsp3) is 0.588. The molecule has 0 aliphatic heterocycles. The van der Waals surface area contributed by atoms with E-state index in [4.69, 9.17) is 4.74 Å². The Morgan fingerprint density at radius 3 is 2.42 bits per heavy atom. The number of rotatable bonds is 3. The van der Waals surface area contributed by atoms with Crippen LogP contribution in [0.1, 0.15) is 54.1 Å². The van der Waals surface area contributed by atoms with Crippen molar-refractivity contribution in [1.82, 2.24) is 0 Å². The smallest absolute Gasteiger partial charge is 0.194 e. The predicted octanol–water partition coefficient (Wildman–Crippen LogP) is 4.08. The molecule has 1 saturated carbocycles. The maximum absolute atomic E-state index is 12.9. The van der Waals surface area contributed by atoms with Gasteiger partial charge in [0, 0.05) is 12.7 Å². The number of ether oxygens (including phenoxy) is 1. The summed E-state index contributed by atoms with van der Waals surface area (Å²) in [6, 6.07) is 6.06. The third-order valence-corrected chi connectivity index (χ3v) is 4.24. The Hall–Kier alpha value is -1.15. The van der Waals surface area contributed by atoms with E-state index in [2.05, 4.69) is 13.0 Å². The van der Waals surface area contributed by atoms with E-state index in [1.165, 1.54) is 6.42 Å². The second-order valence-corrected chi connectivity index (χ2v) is 6.11. The molecular weight excluding hydrogens is 236 g/mol. The number of ketones is 1. The molecule has 1 aliphatic rings. The maximum atomic E-state index is 12.9. The van der Waals surface area contributed by atoms with Crippen molar-refractivity contribution < 1.29 is 9.53 Å². The number of hydrogen-bond acceptors (Lipinski definition) is 2. The van der Waals surface area contributed by atoms with Crippen LogP contribution in [0.25, 0.3) is 0 Å². The van der Waals surface area contributed by atoms with Crippen LogP contribution in [0.15, 0.2) is 18.2 Å². The number of benzene rings is 1. The van der Waals surface area contributed by atoms with Crippen LogP contribution in [0, 0.1) is 19.8 Å². The molecule has 104 valence electrons. The highest BCUT2D eigenvalue weighted by molar-refractivity contribution is 6.02. The van der Waals surface area contributed by atoms with Crippen LogP contribution in [0.5, 0.6) is 0 Å². The van der Waals surface area contributed by atoms with Gasteiger partial charge in [-0.3, -0.25) is 4.79 Å². The van der Waals surface area contributed by atoms with Gasteiger partial charge >= 0.3 is 0 Å². The summed E-state index contributed by atoms with van der Waals surface area (Å²) in [5, 5.41) is 0. The first-order valence-corrected chi connectivity index (χ1v) is 7.15. The highest BCUT2D eigenvalue weighted by atomic mass is 16.5. The zero-order valence-electron chi connectivity index (χ0n) is 12.5. The van der Waals surface area contributed by atoms with E-state index < -0.39 is 5.60 Å². The summed E-state index contributed by atoms with van der Waals surface area (Å²) >= 11 is 0. The molecule has 2 heteroatoms. The van der Waals surface area contributed by atoms with Crippen LogP contribution in [0.2, 0.25) is 0 Å². The molecule has 0 saturated heterocycles. The van der Waals surface area contributed by atoms with E-state index in [0.717, 1.165) is 36.0 Å². The number of carbonyl (C=O) groups excluding carboxylic acids is 1. The Labute approximate surface area is 116 Å². The molecule has 0 N–H and O–H groups in total. The second-order valence-electron chi connectivity index (χ2n) is 6.11. The minimum atomic E-state index is -0.599. The Morgan fingerprint density at radius 2 is 1.89 bits per heavy atom. The van der Waals surface area contributed by atoms with Crippen LogP contribution < -0.4 is 0 Å². The summed E-state index contributed by atoms with van der Waals surface area (Å²) < 4.78 is 5.70. The molecule has 0 aromatic heterocycles. The molecule has 2 nitrogen and oxygen atoms in total. The molecule has 2 rings (SSSR count). The molecule has 2 unspecified atom stereocenters. The molecule has 0 heterocycles. The fourth-order valence-electron chi connectivity index (χ4n) is 3.36. The molecular formula is C17H24O2. The summed E-state index contributed by atoms with van der Waals surface area (Å²) in [6.45, 7) is 6.28. The third-order valence-electron chi connectivity index (χ3n) is 4.24. The first kappa shape index (κ1) is 14.3. The largest absolute Gasteiger partial charge is 0.370 e. The third kappa shape index (κ3) is 2.89. The molecule has 1 aromatic rings. The first-order valence-electron chi connectivity index (χ1n) is 7.15. The number of carbonyl (C=O) groups is 1. The molecule has 2 atom stereocenters. The van der Waals surface area contributed by atoms with E-state index in [1.54, 1.807) is 7.11 Å². The Kier molecular flexibility index (Phi) is 4.10. The first-order chi connectivity index (χ1) is 8.97. The molecule has 1 aromatic carbocycles. The number of Topliss-reactive ketones (excluding diaryl/α,β-unsaturated/α-hetero) is 1. The molecule has 0 amide bonds. The molecule has 0 spiro atoms. The van der Waals surface area contributed by atoms with Gasteiger partial charge < -0.3 is 4.74 Å². The van der Waals surface area contributed by atoms with Crippen molar-refractivity contribution >= 4 is 5.78 Å². The molecule has 0 bridgehead atoms. The lowest BCUT2D eigenvalue weighted by Gasteiger charge is -2.37. The monoisotopic (exact) mass is 260 g/mol. The van der Waals surface area contributed by atoms with Gasteiger partial charge in [-0.05, 0) is 51.2 Å². The van der Waals surface area contributed by atoms with Gasteiger partial charge in [0.25, 0.3) is 0 Å². The van der Waals surface area contributed by atoms with Gasteiger partial charge in [0.15, 0.2) is 5.78 Å². The number of methoxy groups -OCH3 is 1. The van der Waals surface area contributed by atoms with Crippen molar-refractivity contribution in [3.63, 3.8) is 0 Å². The summed E-state index contributed by atoms with van der Waals surface area (Å²) in [5.74, 6) is 0.719. The van der Waals surface area contributed by atoms with Gasteiger partial charge in [0.05, 0.1) is 0 Å².